The Labute approximate surface area is 136 Å². The molecule has 1 fully saturated rings. The first kappa shape index (κ1) is 15.6. The molecule has 0 unspecified atom stereocenters. The van der Waals surface area contributed by atoms with E-state index in [0.717, 1.165) is 18.0 Å². The molecule has 1 aromatic carbocycles. The van der Waals surface area contributed by atoms with Gasteiger partial charge in [-0.25, -0.2) is 8.78 Å². The Balaban J connectivity index is 1.70. The van der Waals surface area contributed by atoms with Crippen molar-refractivity contribution in [3.05, 3.63) is 52.7 Å². The van der Waals surface area contributed by atoms with E-state index in [-0.39, 0.29) is 10.6 Å². The van der Waals surface area contributed by atoms with Crippen molar-refractivity contribution < 1.29 is 13.6 Å². The molecular formula is C15H13ClF2N4O. The molecule has 0 N–H and O–H groups in total. The normalized spacial score (nSPS) is 14.9. The molecule has 2 heterocycles. The third-order valence-electron chi connectivity index (χ3n) is 3.69. The third-order valence-corrected chi connectivity index (χ3v) is 3.98. The Bertz CT molecular complexity index is 721. The van der Waals surface area contributed by atoms with Gasteiger partial charge in [-0.1, -0.05) is 11.6 Å². The molecule has 2 aromatic rings. The molecule has 5 nitrogen and oxygen atoms in total. The quantitative estimate of drug-likeness (QED) is 0.789. The van der Waals surface area contributed by atoms with Crippen LogP contribution in [0.4, 0.5) is 14.6 Å². The van der Waals surface area contributed by atoms with E-state index >= 15 is 0 Å². The van der Waals surface area contributed by atoms with Crippen LogP contribution in [0, 0.1) is 11.6 Å². The Morgan fingerprint density at radius 2 is 1.87 bits per heavy atom. The summed E-state index contributed by atoms with van der Waals surface area (Å²) in [4.78, 5) is 15.8. The number of nitrogens with zero attached hydrogens (tertiary/aromatic N) is 4. The number of carbonyl (C=O) groups excluding carboxylic acids is 1. The average Bonchev–Trinajstić information content (AvgIpc) is 2.58. The van der Waals surface area contributed by atoms with Crippen LogP contribution >= 0.6 is 11.6 Å². The smallest absolute Gasteiger partial charge is 0.257 e. The van der Waals surface area contributed by atoms with Crippen molar-refractivity contribution in [1.82, 2.24) is 15.1 Å². The van der Waals surface area contributed by atoms with E-state index < -0.39 is 17.5 Å². The van der Waals surface area contributed by atoms with Gasteiger partial charge in [0.1, 0.15) is 11.6 Å². The number of hydrogen-bond donors (Lipinski definition) is 0. The van der Waals surface area contributed by atoms with Gasteiger partial charge in [-0.15, -0.1) is 5.10 Å². The van der Waals surface area contributed by atoms with Crippen molar-refractivity contribution in [3.63, 3.8) is 0 Å². The first-order valence-corrected chi connectivity index (χ1v) is 7.40. The molecule has 120 valence electrons. The Morgan fingerprint density at radius 1 is 1.13 bits per heavy atom. The molecule has 1 amide bonds. The zero-order chi connectivity index (χ0) is 16.4. The first-order valence-electron chi connectivity index (χ1n) is 7.03. The van der Waals surface area contributed by atoms with Crippen molar-refractivity contribution in [2.45, 2.75) is 0 Å². The molecule has 0 spiro atoms. The fraction of sp³-hybridized carbons (Fsp3) is 0.267. The van der Waals surface area contributed by atoms with Gasteiger partial charge in [0, 0.05) is 32.4 Å². The predicted octanol–water partition coefficient (Wildman–Crippen LogP) is 2.37. The number of carbonyl (C=O) groups is 1. The summed E-state index contributed by atoms with van der Waals surface area (Å²) in [5, 5.41) is 7.49. The summed E-state index contributed by atoms with van der Waals surface area (Å²) in [6.07, 6.45) is 1.58. The van der Waals surface area contributed by atoms with E-state index in [1.807, 2.05) is 11.0 Å². The van der Waals surface area contributed by atoms with Gasteiger partial charge >= 0.3 is 0 Å². The molecule has 3 rings (SSSR count). The number of benzene rings is 1. The molecule has 1 saturated heterocycles. The highest BCUT2D eigenvalue weighted by Crippen LogP contribution is 2.21. The second-order valence-electron chi connectivity index (χ2n) is 5.11. The third kappa shape index (κ3) is 3.24. The van der Waals surface area contributed by atoms with E-state index in [1.165, 1.54) is 4.90 Å². The van der Waals surface area contributed by atoms with Gasteiger partial charge in [0.15, 0.2) is 5.82 Å². The van der Waals surface area contributed by atoms with Crippen molar-refractivity contribution >= 4 is 23.3 Å². The lowest BCUT2D eigenvalue weighted by molar-refractivity contribution is 0.0741. The SMILES string of the molecule is O=C(c1cc(F)c(Cl)cc1F)N1CCN(c2cccnn2)CC1. The van der Waals surface area contributed by atoms with Crippen molar-refractivity contribution in [1.29, 1.82) is 0 Å². The van der Waals surface area contributed by atoms with Crippen LogP contribution in [0.1, 0.15) is 10.4 Å². The van der Waals surface area contributed by atoms with Gasteiger partial charge in [0.05, 0.1) is 10.6 Å². The number of amides is 1. The molecule has 0 saturated carbocycles. The lowest BCUT2D eigenvalue weighted by atomic mass is 10.1. The molecule has 1 aliphatic rings. The summed E-state index contributed by atoms with van der Waals surface area (Å²) in [7, 11) is 0. The molecule has 8 heteroatoms. The van der Waals surface area contributed by atoms with Crippen LogP contribution in [0.25, 0.3) is 0 Å². The highest BCUT2D eigenvalue weighted by Gasteiger charge is 2.25. The van der Waals surface area contributed by atoms with Gasteiger partial charge < -0.3 is 9.80 Å². The fourth-order valence-electron chi connectivity index (χ4n) is 2.46. The lowest BCUT2D eigenvalue weighted by Gasteiger charge is -2.35. The molecule has 0 bridgehead atoms. The molecule has 0 aliphatic carbocycles. The summed E-state index contributed by atoms with van der Waals surface area (Å²) in [5.41, 5.74) is -0.306. The second kappa shape index (κ2) is 6.45. The van der Waals surface area contributed by atoms with Crippen LogP contribution in [-0.2, 0) is 0 Å². The van der Waals surface area contributed by atoms with Crippen LogP contribution in [0.3, 0.4) is 0 Å². The van der Waals surface area contributed by atoms with Crippen LogP contribution in [-0.4, -0.2) is 47.2 Å². The highest BCUT2D eigenvalue weighted by molar-refractivity contribution is 6.30. The minimum atomic E-state index is -0.822. The Kier molecular flexibility index (Phi) is 4.38. The number of anilines is 1. The Morgan fingerprint density at radius 3 is 2.52 bits per heavy atom. The molecule has 1 aromatic heterocycles. The van der Waals surface area contributed by atoms with Crippen LogP contribution in [0.5, 0.6) is 0 Å². The number of halogens is 3. The van der Waals surface area contributed by atoms with Crippen LogP contribution < -0.4 is 4.90 Å². The zero-order valence-corrected chi connectivity index (χ0v) is 12.8. The van der Waals surface area contributed by atoms with Crippen molar-refractivity contribution in [3.8, 4) is 0 Å². The monoisotopic (exact) mass is 338 g/mol. The van der Waals surface area contributed by atoms with Gasteiger partial charge in [-0.3, -0.25) is 4.79 Å². The maximum Gasteiger partial charge on any atom is 0.257 e. The maximum absolute atomic E-state index is 13.9. The maximum atomic E-state index is 13.9. The minimum absolute atomic E-state index is 0.306. The highest BCUT2D eigenvalue weighted by atomic mass is 35.5. The zero-order valence-electron chi connectivity index (χ0n) is 12.0. The van der Waals surface area contributed by atoms with E-state index in [9.17, 15) is 13.6 Å². The second-order valence-corrected chi connectivity index (χ2v) is 5.51. The van der Waals surface area contributed by atoms with Gasteiger partial charge in [0.2, 0.25) is 0 Å². The summed E-state index contributed by atoms with van der Waals surface area (Å²) in [5.74, 6) is -1.45. The Hall–Kier alpha value is -2.28. The largest absolute Gasteiger partial charge is 0.352 e. The molecule has 23 heavy (non-hydrogen) atoms. The molecular weight excluding hydrogens is 326 g/mol. The summed E-state index contributed by atoms with van der Waals surface area (Å²) in [6.45, 7) is 1.86. The van der Waals surface area contributed by atoms with Crippen molar-refractivity contribution in [2.24, 2.45) is 0 Å². The van der Waals surface area contributed by atoms with E-state index in [0.29, 0.717) is 26.2 Å². The lowest BCUT2D eigenvalue weighted by Crippen LogP contribution is -2.49. The molecule has 0 atom stereocenters. The number of piperazine rings is 1. The van der Waals surface area contributed by atoms with E-state index in [4.69, 9.17) is 11.6 Å². The van der Waals surface area contributed by atoms with Gasteiger partial charge in [0.25, 0.3) is 5.91 Å². The summed E-state index contributed by atoms with van der Waals surface area (Å²) < 4.78 is 27.3. The van der Waals surface area contributed by atoms with Crippen molar-refractivity contribution in [2.75, 3.05) is 31.1 Å². The summed E-state index contributed by atoms with van der Waals surface area (Å²) in [6, 6.07) is 5.28. The predicted molar refractivity (Wildman–Crippen MR) is 81.5 cm³/mol. The minimum Gasteiger partial charge on any atom is -0.352 e. The number of aromatic nitrogens is 2. The number of hydrogen-bond acceptors (Lipinski definition) is 4. The average molecular weight is 339 g/mol. The van der Waals surface area contributed by atoms with Gasteiger partial charge in [-0.05, 0) is 24.3 Å². The summed E-state index contributed by atoms with van der Waals surface area (Å²) >= 11 is 5.50. The van der Waals surface area contributed by atoms with E-state index in [1.54, 1.807) is 12.3 Å². The standard InChI is InChI=1S/C15H13ClF2N4O/c16-11-9-12(17)10(8-13(11)18)15(23)22-6-4-21(5-7-22)14-2-1-3-19-20-14/h1-3,8-9H,4-7H2. The fourth-order valence-corrected chi connectivity index (χ4v) is 2.61. The van der Waals surface area contributed by atoms with E-state index in [2.05, 4.69) is 10.2 Å². The topological polar surface area (TPSA) is 49.3 Å². The first-order chi connectivity index (χ1) is 11.1. The molecule has 0 radical (unpaired) electrons. The number of rotatable bonds is 2. The van der Waals surface area contributed by atoms with Crippen LogP contribution in [0.2, 0.25) is 5.02 Å². The molecule has 1 aliphatic heterocycles. The van der Waals surface area contributed by atoms with Gasteiger partial charge in [-0.2, -0.15) is 5.10 Å². The van der Waals surface area contributed by atoms with Crippen LogP contribution in [0.15, 0.2) is 30.5 Å².